The highest BCUT2D eigenvalue weighted by atomic mass is 16.6. The van der Waals surface area contributed by atoms with Crippen LogP contribution in [0.25, 0.3) is 0 Å². The van der Waals surface area contributed by atoms with Crippen LogP contribution in [0.2, 0.25) is 0 Å². The topological polar surface area (TPSA) is 103 Å². The van der Waals surface area contributed by atoms with Crippen molar-refractivity contribution in [1.29, 1.82) is 5.41 Å². The molecule has 0 aliphatic carbocycles. The predicted octanol–water partition coefficient (Wildman–Crippen LogP) is 2.04. The first-order valence-electron chi connectivity index (χ1n) is 7.19. The third-order valence-electron chi connectivity index (χ3n) is 2.58. The van der Waals surface area contributed by atoms with E-state index >= 15 is 0 Å². The molecule has 0 spiro atoms. The molecule has 23 heavy (non-hydrogen) atoms. The monoisotopic (exact) mass is 327 g/mol. The van der Waals surface area contributed by atoms with E-state index in [9.17, 15) is 14.4 Å². The van der Waals surface area contributed by atoms with Gasteiger partial charge in [-0.2, -0.15) is 0 Å². The summed E-state index contributed by atoms with van der Waals surface area (Å²) >= 11 is 0. The number of hydrogen-bond donors (Lipinski definition) is 1. The molecule has 0 radical (unpaired) electrons. The Kier molecular flexibility index (Phi) is 8.21. The summed E-state index contributed by atoms with van der Waals surface area (Å²) in [5.74, 6) is -1.68. The molecule has 130 valence electrons. The Hall–Kier alpha value is -2.18. The Morgan fingerprint density at radius 2 is 1.52 bits per heavy atom. The molecular formula is C16H25NO6. The second-order valence-electron chi connectivity index (χ2n) is 6.36. The van der Waals surface area contributed by atoms with Crippen molar-refractivity contribution in [2.24, 2.45) is 5.41 Å². The van der Waals surface area contributed by atoms with Crippen LogP contribution in [-0.2, 0) is 28.6 Å². The molecule has 0 heterocycles. The third-order valence-corrected chi connectivity index (χ3v) is 2.58. The molecule has 7 heteroatoms. The molecule has 0 aromatic rings. The zero-order chi connectivity index (χ0) is 18.1. The number of hydrogen-bond acceptors (Lipinski definition) is 7. The number of esters is 3. The van der Waals surface area contributed by atoms with Crippen LogP contribution in [0.4, 0.5) is 0 Å². The molecule has 0 rings (SSSR count). The lowest BCUT2D eigenvalue weighted by Gasteiger charge is -2.23. The van der Waals surface area contributed by atoms with E-state index in [0.717, 1.165) is 12.3 Å². The van der Waals surface area contributed by atoms with E-state index in [4.69, 9.17) is 19.6 Å². The van der Waals surface area contributed by atoms with Gasteiger partial charge in [-0.05, 0) is 27.7 Å². The van der Waals surface area contributed by atoms with Crippen molar-refractivity contribution >= 4 is 24.1 Å². The lowest BCUT2D eigenvalue weighted by molar-refractivity contribution is -0.159. The third kappa shape index (κ3) is 10.2. The van der Waals surface area contributed by atoms with Crippen molar-refractivity contribution in [3.8, 4) is 0 Å². The van der Waals surface area contributed by atoms with Gasteiger partial charge < -0.3 is 19.6 Å². The average molecular weight is 327 g/mol. The van der Waals surface area contributed by atoms with Crippen molar-refractivity contribution in [2.45, 2.75) is 46.1 Å². The number of ether oxygens (including phenoxy) is 3. The van der Waals surface area contributed by atoms with E-state index in [1.54, 1.807) is 27.7 Å². The van der Waals surface area contributed by atoms with Gasteiger partial charge in [0.2, 0.25) is 0 Å². The molecule has 0 aromatic heterocycles. The van der Waals surface area contributed by atoms with E-state index < -0.39 is 28.9 Å². The first kappa shape index (κ1) is 20.8. The number of carbonyl (C=O) groups excluding carboxylic acids is 3. The van der Waals surface area contributed by atoms with Gasteiger partial charge in [-0.1, -0.05) is 6.58 Å². The maximum atomic E-state index is 11.6. The van der Waals surface area contributed by atoms with Crippen LogP contribution < -0.4 is 0 Å². The molecular weight excluding hydrogens is 302 g/mol. The van der Waals surface area contributed by atoms with Crippen LogP contribution in [0.15, 0.2) is 12.7 Å². The molecule has 0 saturated heterocycles. The highest BCUT2D eigenvalue weighted by molar-refractivity contribution is 5.81. The maximum absolute atomic E-state index is 11.6. The van der Waals surface area contributed by atoms with Crippen LogP contribution in [0.1, 0.15) is 40.5 Å². The van der Waals surface area contributed by atoms with Crippen LogP contribution in [0.5, 0.6) is 0 Å². The predicted molar refractivity (Wildman–Crippen MR) is 84.1 cm³/mol. The highest BCUT2D eigenvalue weighted by Crippen LogP contribution is 2.15. The Balaban J connectivity index is 4.23. The summed E-state index contributed by atoms with van der Waals surface area (Å²) < 4.78 is 15.0. The molecule has 0 amide bonds. The van der Waals surface area contributed by atoms with Crippen molar-refractivity contribution in [3.63, 3.8) is 0 Å². The van der Waals surface area contributed by atoms with E-state index in [-0.39, 0.29) is 26.1 Å². The Morgan fingerprint density at radius 3 is 2.00 bits per heavy atom. The van der Waals surface area contributed by atoms with E-state index in [0.29, 0.717) is 0 Å². The van der Waals surface area contributed by atoms with Crippen LogP contribution in [-0.4, -0.2) is 42.9 Å². The molecule has 0 aliphatic rings. The first-order chi connectivity index (χ1) is 10.5. The smallest absolute Gasteiger partial charge is 0.330 e. The van der Waals surface area contributed by atoms with E-state index in [1.807, 2.05) is 0 Å². The Morgan fingerprint density at radius 1 is 1.00 bits per heavy atom. The van der Waals surface area contributed by atoms with Gasteiger partial charge in [0.1, 0.15) is 18.8 Å². The van der Waals surface area contributed by atoms with Gasteiger partial charge in [0.15, 0.2) is 0 Å². The molecule has 1 atom stereocenters. The van der Waals surface area contributed by atoms with Gasteiger partial charge in [0.05, 0.1) is 18.3 Å². The van der Waals surface area contributed by atoms with Crippen molar-refractivity contribution < 1.29 is 28.6 Å². The number of rotatable bonds is 9. The summed E-state index contributed by atoms with van der Waals surface area (Å²) in [7, 11) is 0. The molecule has 0 bridgehead atoms. The van der Waals surface area contributed by atoms with Crippen LogP contribution >= 0.6 is 0 Å². The summed E-state index contributed by atoms with van der Waals surface area (Å²) in [6.07, 6.45) is 1.86. The van der Waals surface area contributed by atoms with E-state index in [2.05, 4.69) is 6.58 Å². The van der Waals surface area contributed by atoms with Gasteiger partial charge >= 0.3 is 17.9 Å². The molecule has 7 nitrogen and oxygen atoms in total. The lowest BCUT2D eigenvalue weighted by Crippen LogP contribution is -2.32. The quantitative estimate of drug-likeness (QED) is 0.301. The average Bonchev–Trinajstić information content (AvgIpc) is 2.46. The first-order valence-corrected chi connectivity index (χ1v) is 7.19. The fraction of sp³-hybridized carbons (Fsp3) is 0.625. The standard InChI is InChI=1S/C16H25NO6/c1-6-12(18)21-10-16(5,9-17)11-22-13(19)7-8-14(20)23-15(2,3)4/h6,9,17H,1,7-8,10-11H2,2-5H3. The summed E-state index contributed by atoms with van der Waals surface area (Å²) in [4.78, 5) is 34.2. The second kappa shape index (κ2) is 9.07. The van der Waals surface area contributed by atoms with Crippen LogP contribution in [0.3, 0.4) is 0 Å². The lowest BCUT2D eigenvalue weighted by atomic mass is 9.95. The Bertz CT molecular complexity index is 466. The summed E-state index contributed by atoms with van der Waals surface area (Å²) in [6, 6.07) is 0. The van der Waals surface area contributed by atoms with Gasteiger partial charge in [0, 0.05) is 12.3 Å². The normalized spacial score (nSPS) is 13.4. The number of carbonyl (C=O) groups is 3. The van der Waals surface area contributed by atoms with Crippen molar-refractivity contribution in [3.05, 3.63) is 12.7 Å². The minimum absolute atomic E-state index is 0.0805. The Labute approximate surface area is 136 Å². The molecule has 0 saturated carbocycles. The van der Waals surface area contributed by atoms with E-state index in [1.165, 1.54) is 0 Å². The summed E-state index contributed by atoms with van der Waals surface area (Å²) in [5, 5.41) is 7.36. The van der Waals surface area contributed by atoms with Gasteiger partial charge in [-0.25, -0.2) is 4.79 Å². The SMILES string of the molecule is C=CC(=O)OCC(C)(C=N)COC(=O)CCC(=O)OC(C)(C)C. The van der Waals surface area contributed by atoms with Gasteiger partial charge in [0.25, 0.3) is 0 Å². The van der Waals surface area contributed by atoms with Gasteiger partial charge in [-0.3, -0.25) is 9.59 Å². The minimum atomic E-state index is -0.930. The van der Waals surface area contributed by atoms with Crippen molar-refractivity contribution in [2.75, 3.05) is 13.2 Å². The summed E-state index contributed by atoms with van der Waals surface area (Å²) in [6.45, 7) is 9.85. The largest absolute Gasteiger partial charge is 0.465 e. The maximum Gasteiger partial charge on any atom is 0.330 e. The zero-order valence-electron chi connectivity index (χ0n) is 14.1. The van der Waals surface area contributed by atoms with Crippen LogP contribution in [0, 0.1) is 10.8 Å². The molecule has 0 aromatic carbocycles. The second-order valence-corrected chi connectivity index (χ2v) is 6.36. The van der Waals surface area contributed by atoms with Crippen molar-refractivity contribution in [1.82, 2.24) is 0 Å². The highest BCUT2D eigenvalue weighted by Gasteiger charge is 2.26. The zero-order valence-corrected chi connectivity index (χ0v) is 14.1. The number of nitrogens with one attached hydrogen (secondary N) is 1. The molecule has 0 fully saturated rings. The minimum Gasteiger partial charge on any atom is -0.465 e. The summed E-state index contributed by atoms with van der Waals surface area (Å²) in [5.41, 5.74) is -1.53. The molecule has 0 aliphatic heterocycles. The molecule has 1 N–H and O–H groups in total. The van der Waals surface area contributed by atoms with Gasteiger partial charge in [-0.15, -0.1) is 0 Å². The fourth-order valence-corrected chi connectivity index (χ4v) is 1.33. The fourth-order valence-electron chi connectivity index (χ4n) is 1.33. The molecule has 1 unspecified atom stereocenters.